The van der Waals surface area contributed by atoms with Crippen LogP contribution in [-0.2, 0) is 6.42 Å². The molecule has 0 aliphatic heterocycles. The molecule has 1 aromatic rings. The second-order valence-corrected chi connectivity index (χ2v) is 3.55. The molecule has 0 heterocycles. The van der Waals surface area contributed by atoms with Crippen molar-refractivity contribution < 1.29 is 19.0 Å². The van der Waals surface area contributed by atoms with Crippen LogP contribution < -0.4 is 0 Å². The molecule has 0 radical (unpaired) electrons. The normalized spacial score (nSPS) is 15.0. The van der Waals surface area contributed by atoms with Gasteiger partial charge in [0.05, 0.1) is 12.2 Å². The van der Waals surface area contributed by atoms with Crippen molar-refractivity contribution in [2.75, 3.05) is 0 Å². The molecule has 0 saturated carbocycles. The Morgan fingerprint density at radius 2 is 1.73 bits per heavy atom. The predicted octanol–water partition coefficient (Wildman–Crippen LogP) is 1.64. The zero-order chi connectivity index (χ0) is 11.4. The Morgan fingerprint density at radius 3 is 2.20 bits per heavy atom. The molecule has 0 saturated heterocycles. The van der Waals surface area contributed by atoms with Crippen LogP contribution in [0.1, 0.15) is 18.9 Å². The van der Waals surface area contributed by atoms with E-state index in [-0.39, 0.29) is 18.4 Å². The van der Waals surface area contributed by atoms with Crippen molar-refractivity contribution in [2.24, 2.45) is 0 Å². The lowest BCUT2D eigenvalue weighted by Crippen LogP contribution is -2.23. The van der Waals surface area contributed by atoms with Gasteiger partial charge < -0.3 is 10.2 Å². The van der Waals surface area contributed by atoms with Crippen molar-refractivity contribution >= 4 is 0 Å². The third kappa shape index (κ3) is 3.25. The van der Waals surface area contributed by atoms with Crippen molar-refractivity contribution in [1.82, 2.24) is 0 Å². The van der Waals surface area contributed by atoms with Gasteiger partial charge in [0.2, 0.25) is 0 Å². The molecule has 0 aliphatic carbocycles. The number of hydrogen-bond acceptors (Lipinski definition) is 2. The quantitative estimate of drug-likeness (QED) is 0.803. The van der Waals surface area contributed by atoms with Gasteiger partial charge in [-0.2, -0.15) is 0 Å². The van der Waals surface area contributed by atoms with Gasteiger partial charge in [-0.25, -0.2) is 8.78 Å². The first-order valence-electron chi connectivity index (χ1n) is 4.81. The lowest BCUT2D eigenvalue weighted by molar-refractivity contribution is 0.0262. The molecule has 2 atom stereocenters. The van der Waals surface area contributed by atoms with Gasteiger partial charge in [-0.1, -0.05) is 6.07 Å². The SMILES string of the molecule is CC(O)C(O)CCc1c(F)cccc1F. The third-order valence-corrected chi connectivity index (χ3v) is 2.31. The van der Waals surface area contributed by atoms with Crippen LogP contribution in [0.2, 0.25) is 0 Å². The second kappa shape index (κ2) is 5.19. The van der Waals surface area contributed by atoms with Crippen molar-refractivity contribution in [3.63, 3.8) is 0 Å². The largest absolute Gasteiger partial charge is 0.391 e. The van der Waals surface area contributed by atoms with E-state index in [1.807, 2.05) is 0 Å². The minimum Gasteiger partial charge on any atom is -0.391 e. The van der Waals surface area contributed by atoms with Crippen molar-refractivity contribution in [1.29, 1.82) is 0 Å². The Morgan fingerprint density at radius 1 is 1.20 bits per heavy atom. The van der Waals surface area contributed by atoms with Crippen LogP contribution in [0.3, 0.4) is 0 Å². The van der Waals surface area contributed by atoms with Gasteiger partial charge in [-0.3, -0.25) is 0 Å². The molecule has 2 nitrogen and oxygen atoms in total. The van der Waals surface area contributed by atoms with Gasteiger partial charge >= 0.3 is 0 Å². The van der Waals surface area contributed by atoms with Crippen LogP contribution in [0.4, 0.5) is 8.78 Å². The standard InChI is InChI=1S/C11H14F2O2/c1-7(14)11(15)6-5-8-9(12)3-2-4-10(8)13/h2-4,7,11,14-15H,5-6H2,1H3. The lowest BCUT2D eigenvalue weighted by atomic mass is 10.0. The van der Waals surface area contributed by atoms with Crippen LogP contribution in [0.5, 0.6) is 0 Å². The van der Waals surface area contributed by atoms with Crippen LogP contribution in [0.25, 0.3) is 0 Å². The Balaban J connectivity index is 2.65. The molecule has 15 heavy (non-hydrogen) atoms. The summed E-state index contributed by atoms with van der Waals surface area (Å²) in [6.07, 6.45) is -1.64. The van der Waals surface area contributed by atoms with E-state index in [0.717, 1.165) is 0 Å². The fourth-order valence-electron chi connectivity index (χ4n) is 1.30. The van der Waals surface area contributed by atoms with Gasteiger partial charge in [0.25, 0.3) is 0 Å². The Hall–Kier alpha value is -1.00. The summed E-state index contributed by atoms with van der Waals surface area (Å²) in [4.78, 5) is 0. The summed E-state index contributed by atoms with van der Waals surface area (Å²) in [5.41, 5.74) is -0.0443. The molecule has 0 bridgehead atoms. The lowest BCUT2D eigenvalue weighted by Gasteiger charge is -2.13. The molecule has 0 fully saturated rings. The Bertz CT molecular complexity index is 306. The number of aliphatic hydroxyl groups excluding tert-OH is 2. The summed E-state index contributed by atoms with van der Waals surface area (Å²) < 4.78 is 26.2. The van der Waals surface area contributed by atoms with E-state index in [1.165, 1.54) is 25.1 Å². The Kier molecular flexibility index (Phi) is 4.17. The maximum absolute atomic E-state index is 13.1. The first-order valence-corrected chi connectivity index (χ1v) is 4.81. The van der Waals surface area contributed by atoms with E-state index < -0.39 is 23.8 Å². The molecular weight excluding hydrogens is 202 g/mol. The van der Waals surface area contributed by atoms with Crippen LogP contribution in [0, 0.1) is 11.6 Å². The van der Waals surface area contributed by atoms with Gasteiger partial charge in [-0.05, 0) is 31.9 Å². The highest BCUT2D eigenvalue weighted by Gasteiger charge is 2.14. The number of benzene rings is 1. The summed E-state index contributed by atoms with van der Waals surface area (Å²) in [5.74, 6) is -1.24. The highest BCUT2D eigenvalue weighted by molar-refractivity contribution is 5.19. The van der Waals surface area contributed by atoms with E-state index in [2.05, 4.69) is 0 Å². The summed E-state index contributed by atoms with van der Waals surface area (Å²) in [7, 11) is 0. The number of hydrogen-bond donors (Lipinski definition) is 2. The maximum Gasteiger partial charge on any atom is 0.129 e. The predicted molar refractivity (Wildman–Crippen MR) is 52.4 cm³/mol. The van der Waals surface area contributed by atoms with Crippen LogP contribution in [-0.4, -0.2) is 22.4 Å². The fourth-order valence-corrected chi connectivity index (χ4v) is 1.30. The minimum absolute atomic E-state index is 0.0443. The van der Waals surface area contributed by atoms with Crippen LogP contribution in [0.15, 0.2) is 18.2 Å². The van der Waals surface area contributed by atoms with E-state index >= 15 is 0 Å². The van der Waals surface area contributed by atoms with E-state index in [9.17, 15) is 13.9 Å². The molecule has 1 aromatic carbocycles. The molecule has 2 unspecified atom stereocenters. The van der Waals surface area contributed by atoms with Crippen molar-refractivity contribution in [2.45, 2.75) is 32.0 Å². The van der Waals surface area contributed by atoms with E-state index in [0.29, 0.717) is 0 Å². The van der Waals surface area contributed by atoms with E-state index in [4.69, 9.17) is 5.11 Å². The molecule has 84 valence electrons. The van der Waals surface area contributed by atoms with Crippen LogP contribution >= 0.6 is 0 Å². The topological polar surface area (TPSA) is 40.5 Å². The molecule has 1 rings (SSSR count). The van der Waals surface area contributed by atoms with E-state index in [1.54, 1.807) is 0 Å². The third-order valence-electron chi connectivity index (χ3n) is 2.31. The molecule has 0 spiro atoms. The average Bonchev–Trinajstić information content (AvgIpc) is 2.16. The Labute approximate surface area is 87.2 Å². The second-order valence-electron chi connectivity index (χ2n) is 3.55. The summed E-state index contributed by atoms with van der Waals surface area (Å²) in [5, 5.41) is 18.3. The highest BCUT2D eigenvalue weighted by atomic mass is 19.1. The molecule has 0 aromatic heterocycles. The average molecular weight is 216 g/mol. The highest BCUT2D eigenvalue weighted by Crippen LogP contribution is 2.15. The van der Waals surface area contributed by atoms with Gasteiger partial charge in [-0.15, -0.1) is 0 Å². The number of aliphatic hydroxyl groups is 2. The van der Waals surface area contributed by atoms with Crippen molar-refractivity contribution in [3.05, 3.63) is 35.4 Å². The minimum atomic E-state index is -0.955. The molecule has 0 aliphatic rings. The molecule has 4 heteroatoms. The first kappa shape index (κ1) is 12.1. The summed E-state index contributed by atoms with van der Waals surface area (Å²) >= 11 is 0. The smallest absolute Gasteiger partial charge is 0.129 e. The maximum atomic E-state index is 13.1. The summed E-state index contributed by atoms with van der Waals surface area (Å²) in [6, 6.07) is 3.64. The number of rotatable bonds is 4. The zero-order valence-corrected chi connectivity index (χ0v) is 8.45. The molecular formula is C11H14F2O2. The molecule has 2 N–H and O–H groups in total. The summed E-state index contributed by atoms with van der Waals surface area (Å²) in [6.45, 7) is 1.43. The van der Waals surface area contributed by atoms with Crippen molar-refractivity contribution in [3.8, 4) is 0 Å². The van der Waals surface area contributed by atoms with Gasteiger partial charge in [0.1, 0.15) is 11.6 Å². The fraction of sp³-hybridized carbons (Fsp3) is 0.455. The van der Waals surface area contributed by atoms with Gasteiger partial charge in [0, 0.05) is 5.56 Å². The zero-order valence-electron chi connectivity index (χ0n) is 8.45. The monoisotopic (exact) mass is 216 g/mol. The first-order chi connectivity index (χ1) is 7.02. The van der Waals surface area contributed by atoms with Gasteiger partial charge in [0.15, 0.2) is 0 Å². The molecule has 0 amide bonds. The number of halogens is 2.